The predicted octanol–water partition coefficient (Wildman–Crippen LogP) is 3.02. The molecule has 0 saturated heterocycles. The summed E-state index contributed by atoms with van der Waals surface area (Å²) in [5, 5.41) is 4.07. The molecule has 0 fully saturated rings. The summed E-state index contributed by atoms with van der Waals surface area (Å²) in [4.78, 5) is 9.42. The highest BCUT2D eigenvalue weighted by Crippen LogP contribution is 2.02. The summed E-state index contributed by atoms with van der Waals surface area (Å²) in [5.74, 6) is 0. The van der Waals surface area contributed by atoms with E-state index in [2.05, 4.69) is 10.1 Å². The van der Waals surface area contributed by atoms with Crippen molar-refractivity contribution in [3.05, 3.63) is 66.0 Å². The van der Waals surface area contributed by atoms with Crippen molar-refractivity contribution in [3.63, 3.8) is 0 Å². The van der Waals surface area contributed by atoms with E-state index in [1.807, 2.05) is 55.5 Å². The molecule has 2 rings (SSSR count). The van der Waals surface area contributed by atoms with Crippen molar-refractivity contribution < 1.29 is 4.84 Å². The zero-order valence-corrected chi connectivity index (χ0v) is 9.71. The van der Waals surface area contributed by atoms with E-state index < -0.39 is 0 Å². The van der Waals surface area contributed by atoms with Gasteiger partial charge in [0.15, 0.2) is 6.61 Å². The largest absolute Gasteiger partial charge is 0.389 e. The molecule has 1 aromatic heterocycles. The Morgan fingerprint density at radius 3 is 2.59 bits per heavy atom. The second-order valence-electron chi connectivity index (χ2n) is 3.64. The zero-order valence-electron chi connectivity index (χ0n) is 9.71. The third kappa shape index (κ3) is 3.41. The quantitative estimate of drug-likeness (QED) is 0.593. The summed E-state index contributed by atoms with van der Waals surface area (Å²) >= 11 is 0. The summed E-state index contributed by atoms with van der Waals surface area (Å²) in [6, 6.07) is 15.7. The summed E-state index contributed by atoms with van der Waals surface area (Å²) in [7, 11) is 0. The van der Waals surface area contributed by atoms with Gasteiger partial charge in [-0.15, -0.1) is 0 Å². The number of hydrogen-bond donors (Lipinski definition) is 0. The molecule has 1 heterocycles. The van der Waals surface area contributed by atoms with Crippen LogP contribution in [0.3, 0.4) is 0 Å². The molecule has 0 unspecified atom stereocenters. The van der Waals surface area contributed by atoms with Gasteiger partial charge in [0, 0.05) is 6.20 Å². The van der Waals surface area contributed by atoms with Crippen molar-refractivity contribution >= 4 is 5.71 Å². The lowest BCUT2D eigenvalue weighted by molar-refractivity contribution is 0.128. The van der Waals surface area contributed by atoms with Gasteiger partial charge in [0.25, 0.3) is 0 Å². The highest BCUT2D eigenvalue weighted by Gasteiger charge is 1.96. The lowest BCUT2D eigenvalue weighted by atomic mass is 10.1. The molecule has 3 nitrogen and oxygen atoms in total. The summed E-state index contributed by atoms with van der Waals surface area (Å²) in [6.45, 7) is 2.32. The van der Waals surface area contributed by atoms with Crippen LogP contribution < -0.4 is 0 Å². The minimum Gasteiger partial charge on any atom is -0.389 e. The fourth-order valence-corrected chi connectivity index (χ4v) is 1.41. The highest BCUT2D eigenvalue weighted by atomic mass is 16.6. The molecule has 3 heteroatoms. The monoisotopic (exact) mass is 226 g/mol. The van der Waals surface area contributed by atoms with E-state index in [4.69, 9.17) is 4.84 Å². The molecule has 0 N–H and O–H groups in total. The van der Waals surface area contributed by atoms with E-state index in [0.29, 0.717) is 6.61 Å². The Balaban J connectivity index is 1.93. The van der Waals surface area contributed by atoms with Gasteiger partial charge in [-0.3, -0.25) is 4.98 Å². The van der Waals surface area contributed by atoms with Crippen LogP contribution in [0, 0.1) is 0 Å². The van der Waals surface area contributed by atoms with Gasteiger partial charge in [-0.1, -0.05) is 41.6 Å². The lowest BCUT2D eigenvalue weighted by Crippen LogP contribution is -1.97. The van der Waals surface area contributed by atoms with Crippen molar-refractivity contribution in [1.82, 2.24) is 4.98 Å². The Bertz CT molecular complexity index is 480. The Morgan fingerprint density at radius 2 is 1.88 bits per heavy atom. The predicted molar refractivity (Wildman–Crippen MR) is 67.7 cm³/mol. The number of aromatic nitrogens is 1. The zero-order chi connectivity index (χ0) is 11.9. The van der Waals surface area contributed by atoms with Crippen molar-refractivity contribution in [3.8, 4) is 0 Å². The molecule has 0 radical (unpaired) electrons. The van der Waals surface area contributed by atoms with Crippen LogP contribution in [0.25, 0.3) is 0 Å². The van der Waals surface area contributed by atoms with E-state index >= 15 is 0 Å². The number of oxime groups is 1. The number of hydrogen-bond acceptors (Lipinski definition) is 3. The molecule has 0 aliphatic carbocycles. The normalized spacial score (nSPS) is 11.2. The molecule has 1 aromatic carbocycles. The molecule has 0 atom stereocenters. The molecule has 2 aromatic rings. The third-order valence-electron chi connectivity index (χ3n) is 2.33. The van der Waals surface area contributed by atoms with Gasteiger partial charge in [-0.2, -0.15) is 0 Å². The van der Waals surface area contributed by atoms with Crippen LogP contribution in [0.15, 0.2) is 59.9 Å². The van der Waals surface area contributed by atoms with E-state index in [0.717, 1.165) is 17.0 Å². The Hall–Kier alpha value is -2.16. The van der Waals surface area contributed by atoms with Gasteiger partial charge in [0.1, 0.15) is 0 Å². The van der Waals surface area contributed by atoms with Gasteiger partial charge in [0.2, 0.25) is 0 Å². The molecular weight excluding hydrogens is 212 g/mol. The van der Waals surface area contributed by atoms with Crippen LogP contribution in [0.1, 0.15) is 18.2 Å². The van der Waals surface area contributed by atoms with Gasteiger partial charge >= 0.3 is 0 Å². The second-order valence-corrected chi connectivity index (χ2v) is 3.64. The molecule has 0 amide bonds. The molecule has 0 aliphatic rings. The molecule has 0 spiro atoms. The van der Waals surface area contributed by atoms with E-state index in [9.17, 15) is 0 Å². The van der Waals surface area contributed by atoms with E-state index in [1.165, 1.54) is 0 Å². The van der Waals surface area contributed by atoms with Crippen LogP contribution in [-0.4, -0.2) is 10.7 Å². The van der Waals surface area contributed by atoms with Gasteiger partial charge in [-0.05, 0) is 24.6 Å². The van der Waals surface area contributed by atoms with Crippen LogP contribution >= 0.6 is 0 Å². The Kier molecular flexibility index (Phi) is 3.86. The van der Waals surface area contributed by atoms with Crippen LogP contribution in [0.4, 0.5) is 0 Å². The van der Waals surface area contributed by atoms with Crippen LogP contribution in [0.2, 0.25) is 0 Å². The topological polar surface area (TPSA) is 34.5 Å². The number of pyridine rings is 1. The third-order valence-corrected chi connectivity index (χ3v) is 2.33. The van der Waals surface area contributed by atoms with Crippen LogP contribution in [0.5, 0.6) is 0 Å². The molecular formula is C14H14N2O. The van der Waals surface area contributed by atoms with Gasteiger partial charge < -0.3 is 4.84 Å². The second kappa shape index (κ2) is 5.80. The first kappa shape index (κ1) is 11.3. The first-order chi connectivity index (χ1) is 8.36. The standard InChI is InChI=1S/C14H14N2O/c1-12(13-7-3-2-4-8-13)16-17-11-14-9-5-6-10-15-14/h2-10H,11H2,1H3/b16-12+. The van der Waals surface area contributed by atoms with Gasteiger partial charge in [0.05, 0.1) is 11.4 Å². The van der Waals surface area contributed by atoms with Crippen molar-refractivity contribution in [2.75, 3.05) is 0 Å². The first-order valence-electron chi connectivity index (χ1n) is 5.48. The number of benzene rings is 1. The SMILES string of the molecule is C/C(=N\OCc1ccccn1)c1ccccc1. The minimum atomic E-state index is 0.394. The average Bonchev–Trinajstić information content (AvgIpc) is 2.41. The fourth-order valence-electron chi connectivity index (χ4n) is 1.41. The first-order valence-corrected chi connectivity index (χ1v) is 5.48. The smallest absolute Gasteiger partial charge is 0.159 e. The van der Waals surface area contributed by atoms with E-state index in [-0.39, 0.29) is 0 Å². The summed E-state index contributed by atoms with van der Waals surface area (Å²) in [6.07, 6.45) is 1.74. The number of rotatable bonds is 4. The number of nitrogens with zero attached hydrogens (tertiary/aromatic N) is 2. The highest BCUT2D eigenvalue weighted by molar-refractivity contribution is 5.98. The molecule has 0 aliphatic heterocycles. The molecule has 0 saturated carbocycles. The minimum absolute atomic E-state index is 0.394. The summed E-state index contributed by atoms with van der Waals surface area (Å²) < 4.78 is 0. The maximum atomic E-state index is 5.26. The van der Waals surface area contributed by atoms with Crippen molar-refractivity contribution in [2.45, 2.75) is 13.5 Å². The fraction of sp³-hybridized carbons (Fsp3) is 0.143. The Labute approximate surface area is 101 Å². The van der Waals surface area contributed by atoms with E-state index in [1.54, 1.807) is 6.20 Å². The van der Waals surface area contributed by atoms with Crippen LogP contribution in [-0.2, 0) is 11.4 Å². The summed E-state index contributed by atoms with van der Waals surface area (Å²) in [5.41, 5.74) is 2.80. The molecule has 17 heavy (non-hydrogen) atoms. The maximum absolute atomic E-state index is 5.26. The average molecular weight is 226 g/mol. The molecule has 0 bridgehead atoms. The molecule has 86 valence electrons. The van der Waals surface area contributed by atoms with Gasteiger partial charge in [-0.25, -0.2) is 0 Å². The lowest BCUT2D eigenvalue weighted by Gasteiger charge is -2.01. The maximum Gasteiger partial charge on any atom is 0.159 e. The van der Waals surface area contributed by atoms with Crippen molar-refractivity contribution in [2.24, 2.45) is 5.16 Å². The Morgan fingerprint density at radius 1 is 1.12 bits per heavy atom. The van der Waals surface area contributed by atoms with Crippen molar-refractivity contribution in [1.29, 1.82) is 0 Å².